The molecule has 0 saturated heterocycles. The van der Waals surface area contributed by atoms with Crippen molar-refractivity contribution in [1.29, 1.82) is 0 Å². The summed E-state index contributed by atoms with van der Waals surface area (Å²) >= 11 is 0. The van der Waals surface area contributed by atoms with Gasteiger partial charge in [-0.05, 0) is 0 Å². The number of ether oxygens (including phenoxy) is 2. The average Bonchev–Trinajstić information content (AvgIpc) is 3.62. The van der Waals surface area contributed by atoms with Crippen LogP contribution in [0.2, 0.25) is 0 Å². The Kier molecular flexibility index (Phi) is 18.2. The maximum Gasteiger partial charge on any atom is 4.00 e. The van der Waals surface area contributed by atoms with E-state index in [1.165, 1.54) is 0 Å². The quantitative estimate of drug-likeness (QED) is 0.139. The Bertz CT molecular complexity index is 1000. The van der Waals surface area contributed by atoms with Gasteiger partial charge in [-0.15, -0.1) is 49.2 Å². The van der Waals surface area contributed by atoms with Gasteiger partial charge in [0.15, 0.2) is 0 Å². The second-order valence-electron chi connectivity index (χ2n) is 6.63. The van der Waals surface area contributed by atoms with Crippen molar-refractivity contribution in [3.05, 3.63) is 108 Å². The molecule has 0 aromatic heterocycles. The minimum atomic E-state index is -0.998. The molecule has 0 aliphatic heterocycles. The molecule has 0 unspecified atom stereocenters. The molecule has 9 heteroatoms. The summed E-state index contributed by atoms with van der Waals surface area (Å²) in [7, 11) is 0. The molecule has 2 aliphatic rings. The zero-order chi connectivity index (χ0) is 26.8. The van der Waals surface area contributed by atoms with Crippen LogP contribution in [0, 0.1) is 47.6 Å². The van der Waals surface area contributed by atoms with E-state index in [-0.39, 0.29) is 46.1 Å². The summed E-state index contributed by atoms with van der Waals surface area (Å²) in [6.07, 6.45) is 20.3. The van der Waals surface area contributed by atoms with Crippen molar-refractivity contribution in [2.75, 3.05) is 0 Å². The summed E-state index contributed by atoms with van der Waals surface area (Å²) in [4.78, 5) is 21.4. The summed E-state index contributed by atoms with van der Waals surface area (Å²) in [6.45, 7) is 3.15. The molecule has 2 aromatic carbocycles. The number of benzene rings is 2. The smallest absolute Gasteiger partial charge is 0.488 e. The van der Waals surface area contributed by atoms with Crippen molar-refractivity contribution < 1.29 is 58.3 Å². The number of hydrogen-bond acceptors (Lipinski definition) is 4. The van der Waals surface area contributed by atoms with E-state index < -0.39 is 35.2 Å². The summed E-state index contributed by atoms with van der Waals surface area (Å²) in [5, 5.41) is 0. The van der Waals surface area contributed by atoms with Gasteiger partial charge in [-0.25, -0.2) is 41.9 Å². The minimum Gasteiger partial charge on any atom is -0.488 e. The van der Waals surface area contributed by atoms with E-state index in [1.54, 1.807) is 26.0 Å². The van der Waals surface area contributed by atoms with Crippen LogP contribution in [0.15, 0.2) is 60.7 Å². The van der Waals surface area contributed by atoms with Gasteiger partial charge in [0.1, 0.15) is 0 Å². The van der Waals surface area contributed by atoms with Crippen molar-refractivity contribution in [1.82, 2.24) is 0 Å². The number of allylic oxidation sites excluding steroid dienone is 8. The Labute approximate surface area is 229 Å². The molecule has 4 rings (SSSR count). The van der Waals surface area contributed by atoms with E-state index in [4.69, 9.17) is 0 Å². The van der Waals surface area contributed by atoms with Crippen LogP contribution in [0.5, 0.6) is 11.5 Å². The van der Waals surface area contributed by atoms with Crippen LogP contribution >= 0.6 is 0 Å². The molecule has 0 spiro atoms. The first-order chi connectivity index (χ1) is 17.3. The van der Waals surface area contributed by atoms with Crippen LogP contribution in [0.1, 0.15) is 39.5 Å². The van der Waals surface area contributed by atoms with Crippen LogP contribution in [-0.4, -0.2) is 11.9 Å². The van der Waals surface area contributed by atoms with Crippen LogP contribution in [0.25, 0.3) is 0 Å². The second kappa shape index (κ2) is 19.9. The molecule has 0 amide bonds. The molecule has 0 fully saturated rings. The number of rotatable bonds is 4. The summed E-state index contributed by atoms with van der Waals surface area (Å²) in [5.74, 6) is -5.38. The Morgan fingerprint density at radius 1 is 0.730 bits per heavy atom. The maximum absolute atomic E-state index is 12.8. The molecule has 0 bridgehead atoms. The number of halogens is 4. The van der Waals surface area contributed by atoms with Crippen molar-refractivity contribution in [2.24, 2.45) is 0 Å². The second-order valence-corrected chi connectivity index (χ2v) is 6.63. The van der Waals surface area contributed by atoms with Gasteiger partial charge in [-0.2, -0.15) is 12.2 Å². The first-order valence-corrected chi connectivity index (χ1v) is 10.9. The molecule has 192 valence electrons. The van der Waals surface area contributed by atoms with E-state index in [0.717, 1.165) is 37.1 Å². The van der Waals surface area contributed by atoms with Crippen LogP contribution in [-0.2, 0) is 31.3 Å². The maximum atomic E-state index is 12.8. The van der Waals surface area contributed by atoms with E-state index >= 15 is 0 Å². The topological polar surface area (TPSA) is 52.6 Å². The third kappa shape index (κ3) is 15.5. The first-order valence-electron chi connectivity index (χ1n) is 10.9. The van der Waals surface area contributed by atoms with E-state index in [2.05, 4.69) is 33.8 Å². The molecule has 37 heavy (non-hydrogen) atoms. The Balaban J connectivity index is 0.000000502. The molecule has 4 nitrogen and oxygen atoms in total. The van der Waals surface area contributed by atoms with Crippen molar-refractivity contribution in [2.45, 2.75) is 39.5 Å². The van der Waals surface area contributed by atoms with Gasteiger partial charge in [-0.1, -0.05) is 13.8 Å². The monoisotopic (exact) mass is 548 g/mol. The van der Waals surface area contributed by atoms with Crippen molar-refractivity contribution in [3.8, 4) is 11.5 Å². The molecule has 0 N–H and O–H groups in total. The zero-order valence-corrected chi connectivity index (χ0v) is 21.8. The minimum absolute atomic E-state index is 0. The fraction of sp³-hybridized carbons (Fsp3) is 0.214. The first kappa shape index (κ1) is 33.8. The summed E-state index contributed by atoms with van der Waals surface area (Å²) in [5.41, 5.74) is 0. The van der Waals surface area contributed by atoms with Gasteiger partial charge in [-0.3, -0.25) is 21.7 Å². The fourth-order valence-corrected chi connectivity index (χ4v) is 2.09. The Hall–Kier alpha value is -3.23. The molecule has 2 aliphatic carbocycles. The van der Waals surface area contributed by atoms with Crippen LogP contribution in [0.3, 0.4) is 0 Å². The normalized spacial score (nSPS) is 11.6. The zero-order valence-electron chi connectivity index (χ0n) is 20.2. The molecular formula is C28H24F4O4Ti. The third-order valence-electron chi connectivity index (χ3n) is 3.85. The molecule has 0 atom stereocenters. The number of hydrogen-bond donors (Lipinski definition) is 0. The van der Waals surface area contributed by atoms with E-state index in [0.29, 0.717) is 0 Å². The average molecular weight is 548 g/mol. The van der Waals surface area contributed by atoms with Crippen molar-refractivity contribution in [3.63, 3.8) is 0 Å². The predicted octanol–water partition coefficient (Wildman–Crippen LogP) is 6.77. The van der Waals surface area contributed by atoms with Gasteiger partial charge in [0.25, 0.3) is 11.9 Å². The SMILES string of the molecule is CCC(=O)Oc1ccc(F)[c-]c1F.CCC(=O)Oc1ccc(F)[c-]c1F.[C-]1=CC=CC1.[C-]1=CC=CC1.[Ti+4]. The van der Waals surface area contributed by atoms with Gasteiger partial charge >= 0.3 is 21.7 Å². The van der Waals surface area contributed by atoms with Gasteiger partial charge in [0, 0.05) is 24.5 Å². The number of carbonyl (C=O) groups is 2. The molecule has 0 saturated carbocycles. The Morgan fingerprint density at radius 3 is 1.32 bits per heavy atom. The summed E-state index contributed by atoms with van der Waals surface area (Å²) in [6, 6.07) is 7.56. The molecule has 2 aromatic rings. The molecule has 0 radical (unpaired) electrons. The molecule has 0 heterocycles. The number of esters is 2. The molecular weight excluding hydrogens is 524 g/mol. The largest absolute Gasteiger partial charge is 4.00 e. The van der Waals surface area contributed by atoms with Crippen molar-refractivity contribution >= 4 is 11.9 Å². The van der Waals surface area contributed by atoms with E-state index in [1.807, 2.05) is 24.3 Å². The van der Waals surface area contributed by atoms with E-state index in [9.17, 15) is 27.2 Å². The number of carbonyl (C=O) groups excluding carboxylic acids is 2. The van der Waals surface area contributed by atoms with Crippen LogP contribution < -0.4 is 9.47 Å². The summed E-state index contributed by atoms with van der Waals surface area (Å²) < 4.78 is 59.3. The predicted molar refractivity (Wildman–Crippen MR) is 125 cm³/mol. The Morgan fingerprint density at radius 2 is 1.11 bits per heavy atom. The van der Waals surface area contributed by atoms with Gasteiger partial charge in [0.05, 0.1) is 23.1 Å². The fourth-order valence-electron chi connectivity index (χ4n) is 2.09. The standard InChI is InChI=1S/2C9H7F2O2.2C5H5.Ti/c2*1-2-9(12)13-8-4-3-6(10)5-7(8)11;2*1-2-4-5-3-1;/h2*3-4H,2H2,1H3;2*1-3H,4H2;/q4*-1;+4. The van der Waals surface area contributed by atoms with Crippen LogP contribution in [0.4, 0.5) is 17.6 Å². The van der Waals surface area contributed by atoms with Gasteiger partial charge in [0.2, 0.25) is 0 Å². The van der Waals surface area contributed by atoms with Gasteiger partial charge < -0.3 is 9.47 Å². The third-order valence-corrected chi connectivity index (χ3v) is 3.85.